The number of aromatic amines is 1. The van der Waals surface area contributed by atoms with Crippen LogP contribution in [-0.2, 0) is 6.42 Å². The van der Waals surface area contributed by atoms with E-state index in [1.807, 2.05) is 17.8 Å². The maximum absolute atomic E-state index is 4.26. The van der Waals surface area contributed by atoms with Gasteiger partial charge < -0.3 is 10.3 Å². The van der Waals surface area contributed by atoms with Crippen LogP contribution in [0.3, 0.4) is 0 Å². The van der Waals surface area contributed by atoms with Crippen molar-refractivity contribution in [3.8, 4) is 0 Å². The van der Waals surface area contributed by atoms with Crippen molar-refractivity contribution in [1.29, 1.82) is 0 Å². The first-order valence-corrected chi connectivity index (χ1v) is 6.49. The molecule has 1 aromatic carbocycles. The Bertz CT molecular complexity index is 598. The van der Waals surface area contributed by atoms with Gasteiger partial charge in [-0.25, -0.2) is 4.98 Å². The maximum atomic E-state index is 4.26. The summed E-state index contributed by atoms with van der Waals surface area (Å²) in [6.45, 7) is 0.920. The lowest BCUT2D eigenvalue weighted by Gasteiger charge is -2.05. The van der Waals surface area contributed by atoms with Crippen molar-refractivity contribution < 1.29 is 0 Å². The number of hydrogen-bond acceptors (Lipinski definition) is 3. The molecule has 2 aromatic heterocycles. The summed E-state index contributed by atoms with van der Waals surface area (Å²) in [6.07, 6.45) is 4.79. The summed E-state index contributed by atoms with van der Waals surface area (Å²) in [7, 11) is 0. The van der Waals surface area contributed by atoms with Crippen molar-refractivity contribution in [2.45, 2.75) is 6.42 Å². The lowest BCUT2D eigenvalue weighted by Crippen LogP contribution is -2.04. The molecular weight excluding hydrogens is 230 g/mol. The second kappa shape index (κ2) is 4.59. The minimum Gasteiger partial charge on any atom is -0.385 e. The van der Waals surface area contributed by atoms with Crippen LogP contribution in [0.5, 0.6) is 0 Å². The van der Waals surface area contributed by atoms with E-state index < -0.39 is 0 Å². The van der Waals surface area contributed by atoms with E-state index in [9.17, 15) is 0 Å². The number of benzene rings is 1. The van der Waals surface area contributed by atoms with Gasteiger partial charge >= 0.3 is 0 Å². The molecule has 0 saturated carbocycles. The number of thiazole rings is 1. The minimum absolute atomic E-state index is 0.920. The zero-order valence-corrected chi connectivity index (χ0v) is 10.1. The van der Waals surface area contributed by atoms with Gasteiger partial charge in [0.15, 0.2) is 0 Å². The summed E-state index contributed by atoms with van der Waals surface area (Å²) in [5.74, 6) is 0. The minimum atomic E-state index is 0.920. The van der Waals surface area contributed by atoms with Crippen LogP contribution in [0.1, 0.15) is 5.01 Å². The molecule has 0 aliphatic carbocycles. The average molecular weight is 243 g/mol. The van der Waals surface area contributed by atoms with Gasteiger partial charge in [0.05, 0.1) is 5.01 Å². The number of H-pyrrole nitrogens is 1. The molecule has 3 rings (SSSR count). The third-order valence-electron chi connectivity index (χ3n) is 2.70. The van der Waals surface area contributed by atoms with Gasteiger partial charge in [-0.2, -0.15) is 0 Å². The first-order chi connectivity index (χ1) is 8.42. The van der Waals surface area contributed by atoms with E-state index in [2.05, 4.69) is 39.6 Å². The van der Waals surface area contributed by atoms with E-state index in [1.54, 1.807) is 11.3 Å². The first-order valence-electron chi connectivity index (χ1n) is 5.61. The standard InChI is InChI=1S/C13H13N3S/c1-2-12-10(3-5-15-12)9-11(1)14-6-4-13-16-7-8-17-13/h1-3,5,7-9,14-15H,4,6H2. The Morgan fingerprint density at radius 3 is 3.18 bits per heavy atom. The highest BCUT2D eigenvalue weighted by Gasteiger charge is 1.98. The van der Waals surface area contributed by atoms with Gasteiger partial charge in [0.25, 0.3) is 0 Å². The van der Waals surface area contributed by atoms with Crippen LogP contribution in [0.25, 0.3) is 10.9 Å². The molecule has 2 heterocycles. The van der Waals surface area contributed by atoms with Crippen LogP contribution in [0.15, 0.2) is 42.0 Å². The Morgan fingerprint density at radius 1 is 1.29 bits per heavy atom. The summed E-state index contributed by atoms with van der Waals surface area (Å²) < 4.78 is 0. The van der Waals surface area contributed by atoms with E-state index in [0.29, 0.717) is 0 Å². The topological polar surface area (TPSA) is 40.7 Å². The lowest BCUT2D eigenvalue weighted by atomic mass is 10.2. The van der Waals surface area contributed by atoms with Crippen LogP contribution in [0.4, 0.5) is 5.69 Å². The molecule has 0 bridgehead atoms. The molecule has 3 nitrogen and oxygen atoms in total. The Hall–Kier alpha value is -1.81. The van der Waals surface area contributed by atoms with E-state index >= 15 is 0 Å². The molecular formula is C13H13N3S. The first kappa shape index (κ1) is 10.4. The molecule has 0 spiro atoms. The Balaban J connectivity index is 1.64. The molecule has 0 aliphatic heterocycles. The SMILES string of the molecule is c1csc(CCNc2ccc3[nH]ccc3c2)n1. The van der Waals surface area contributed by atoms with Crippen molar-refractivity contribution in [2.24, 2.45) is 0 Å². The molecule has 0 atom stereocenters. The highest BCUT2D eigenvalue weighted by atomic mass is 32.1. The van der Waals surface area contributed by atoms with Crippen molar-refractivity contribution in [3.05, 3.63) is 47.0 Å². The van der Waals surface area contributed by atoms with E-state index in [0.717, 1.165) is 18.7 Å². The average Bonchev–Trinajstić information content (AvgIpc) is 2.98. The quantitative estimate of drug-likeness (QED) is 0.738. The van der Waals surface area contributed by atoms with Crippen molar-refractivity contribution in [2.75, 3.05) is 11.9 Å². The molecule has 0 amide bonds. The molecule has 2 N–H and O–H groups in total. The van der Waals surface area contributed by atoms with E-state index in [1.165, 1.54) is 15.9 Å². The fourth-order valence-corrected chi connectivity index (χ4v) is 2.47. The molecule has 0 saturated heterocycles. The molecule has 0 fully saturated rings. The Kier molecular flexibility index (Phi) is 2.80. The van der Waals surface area contributed by atoms with Crippen LogP contribution in [0.2, 0.25) is 0 Å². The van der Waals surface area contributed by atoms with Crippen LogP contribution in [-0.4, -0.2) is 16.5 Å². The van der Waals surface area contributed by atoms with E-state index in [4.69, 9.17) is 0 Å². The van der Waals surface area contributed by atoms with Gasteiger partial charge in [0.2, 0.25) is 0 Å². The third-order valence-corrected chi connectivity index (χ3v) is 3.54. The van der Waals surface area contributed by atoms with Gasteiger partial charge in [0.1, 0.15) is 0 Å². The maximum Gasteiger partial charge on any atom is 0.0942 e. The number of anilines is 1. The van der Waals surface area contributed by atoms with Crippen LogP contribution < -0.4 is 5.32 Å². The summed E-state index contributed by atoms with van der Waals surface area (Å²) in [6, 6.07) is 8.44. The lowest BCUT2D eigenvalue weighted by molar-refractivity contribution is 0.999. The second-order valence-corrected chi connectivity index (χ2v) is 4.86. The summed E-state index contributed by atoms with van der Waals surface area (Å²) in [5.41, 5.74) is 2.34. The van der Waals surface area contributed by atoms with Crippen molar-refractivity contribution >= 4 is 27.9 Å². The molecule has 3 aromatic rings. The zero-order chi connectivity index (χ0) is 11.5. The van der Waals surface area contributed by atoms with Gasteiger partial charge in [-0.05, 0) is 24.3 Å². The van der Waals surface area contributed by atoms with Crippen LogP contribution in [0, 0.1) is 0 Å². The number of nitrogens with zero attached hydrogens (tertiary/aromatic N) is 1. The number of aromatic nitrogens is 2. The number of nitrogens with one attached hydrogen (secondary N) is 2. The predicted molar refractivity (Wildman–Crippen MR) is 72.6 cm³/mol. The fraction of sp³-hybridized carbons (Fsp3) is 0.154. The number of rotatable bonds is 4. The molecule has 4 heteroatoms. The molecule has 17 heavy (non-hydrogen) atoms. The van der Waals surface area contributed by atoms with Gasteiger partial charge in [-0.15, -0.1) is 11.3 Å². The number of fused-ring (bicyclic) bond motifs is 1. The summed E-state index contributed by atoms with van der Waals surface area (Å²) in [4.78, 5) is 7.45. The Morgan fingerprint density at radius 2 is 2.29 bits per heavy atom. The van der Waals surface area contributed by atoms with Gasteiger partial charge in [-0.1, -0.05) is 0 Å². The highest BCUT2D eigenvalue weighted by molar-refractivity contribution is 7.09. The monoisotopic (exact) mass is 243 g/mol. The number of hydrogen-bond donors (Lipinski definition) is 2. The predicted octanol–water partition coefficient (Wildman–Crippen LogP) is 3.28. The summed E-state index contributed by atoms with van der Waals surface area (Å²) in [5, 5.41) is 7.85. The third kappa shape index (κ3) is 2.31. The molecule has 0 radical (unpaired) electrons. The zero-order valence-electron chi connectivity index (χ0n) is 9.31. The Labute approximate surface area is 104 Å². The van der Waals surface area contributed by atoms with Gasteiger partial charge in [-0.3, -0.25) is 0 Å². The summed E-state index contributed by atoms with van der Waals surface area (Å²) >= 11 is 1.71. The highest BCUT2D eigenvalue weighted by Crippen LogP contribution is 2.17. The second-order valence-electron chi connectivity index (χ2n) is 3.88. The van der Waals surface area contributed by atoms with Crippen LogP contribution >= 0.6 is 11.3 Å². The molecule has 86 valence electrons. The van der Waals surface area contributed by atoms with Crippen molar-refractivity contribution in [1.82, 2.24) is 9.97 Å². The van der Waals surface area contributed by atoms with Crippen molar-refractivity contribution in [3.63, 3.8) is 0 Å². The van der Waals surface area contributed by atoms with Gasteiger partial charge in [0, 0.05) is 47.3 Å². The smallest absolute Gasteiger partial charge is 0.0942 e. The molecule has 0 aliphatic rings. The normalized spacial score (nSPS) is 10.8. The molecule has 0 unspecified atom stereocenters. The fourth-order valence-electron chi connectivity index (χ4n) is 1.85. The largest absolute Gasteiger partial charge is 0.385 e. The van der Waals surface area contributed by atoms with E-state index in [-0.39, 0.29) is 0 Å².